The normalized spacial score (nSPS) is 13.1. The smallest absolute Gasteiger partial charge is 0.488 e. The minimum atomic E-state index is -1.66. The zero-order valence-electron chi connectivity index (χ0n) is 11.6. The van der Waals surface area contributed by atoms with E-state index >= 15 is 0 Å². The lowest BCUT2D eigenvalue weighted by Gasteiger charge is -2.10. The first-order chi connectivity index (χ1) is 10.1. The van der Waals surface area contributed by atoms with Gasteiger partial charge in [-0.25, -0.2) is 4.39 Å². The van der Waals surface area contributed by atoms with Gasteiger partial charge in [0, 0.05) is 5.56 Å². The summed E-state index contributed by atoms with van der Waals surface area (Å²) in [5.74, 6) is 0.239. The van der Waals surface area contributed by atoms with Gasteiger partial charge in [0.2, 0.25) is 0 Å². The van der Waals surface area contributed by atoms with Crippen LogP contribution in [0.25, 0.3) is 0 Å². The standard InChI is InChI=1S/C16H16BFO3/c18-16-9-14(17(19)20)6-4-13(16)10-21-15-7-5-11-2-1-3-12(11)8-15/h4-9,19-20H,1-3,10H2. The maximum Gasteiger partial charge on any atom is 0.488 e. The van der Waals surface area contributed by atoms with Crippen molar-refractivity contribution in [3.8, 4) is 5.75 Å². The van der Waals surface area contributed by atoms with Crippen LogP contribution in [0.1, 0.15) is 23.1 Å². The van der Waals surface area contributed by atoms with Crippen LogP contribution in [0.2, 0.25) is 0 Å². The average Bonchev–Trinajstić information content (AvgIpc) is 2.93. The van der Waals surface area contributed by atoms with E-state index in [-0.39, 0.29) is 12.1 Å². The average molecular weight is 286 g/mol. The van der Waals surface area contributed by atoms with E-state index in [4.69, 9.17) is 14.8 Å². The Balaban J connectivity index is 1.70. The lowest BCUT2D eigenvalue weighted by Crippen LogP contribution is -2.30. The number of aryl methyl sites for hydroxylation is 2. The summed E-state index contributed by atoms with van der Waals surface area (Å²) < 4.78 is 19.5. The molecule has 0 amide bonds. The third-order valence-electron chi connectivity index (χ3n) is 3.84. The van der Waals surface area contributed by atoms with E-state index in [1.807, 2.05) is 12.1 Å². The number of rotatable bonds is 4. The molecule has 21 heavy (non-hydrogen) atoms. The van der Waals surface area contributed by atoms with Crippen LogP contribution in [0.5, 0.6) is 5.75 Å². The van der Waals surface area contributed by atoms with Gasteiger partial charge in [-0.1, -0.05) is 18.2 Å². The van der Waals surface area contributed by atoms with E-state index in [9.17, 15) is 4.39 Å². The summed E-state index contributed by atoms with van der Waals surface area (Å²) in [5.41, 5.74) is 3.20. The highest BCUT2D eigenvalue weighted by atomic mass is 19.1. The van der Waals surface area contributed by atoms with Crippen molar-refractivity contribution in [1.29, 1.82) is 0 Å². The number of benzene rings is 2. The summed E-state index contributed by atoms with van der Waals surface area (Å²) in [7, 11) is -1.66. The molecular formula is C16H16BFO3. The van der Waals surface area contributed by atoms with Gasteiger partial charge in [-0.2, -0.15) is 0 Å². The minimum absolute atomic E-state index is 0.117. The fraction of sp³-hybridized carbons (Fsp3) is 0.250. The van der Waals surface area contributed by atoms with Crippen LogP contribution in [0, 0.1) is 5.82 Å². The molecule has 0 saturated carbocycles. The van der Waals surface area contributed by atoms with Crippen LogP contribution in [-0.4, -0.2) is 17.2 Å². The first-order valence-electron chi connectivity index (χ1n) is 7.02. The molecule has 2 aromatic rings. The van der Waals surface area contributed by atoms with Crippen LogP contribution in [0.3, 0.4) is 0 Å². The van der Waals surface area contributed by atoms with Crippen molar-refractivity contribution in [3.05, 3.63) is 58.9 Å². The molecule has 0 aromatic heterocycles. The van der Waals surface area contributed by atoms with E-state index in [2.05, 4.69) is 6.07 Å². The Kier molecular flexibility index (Phi) is 3.95. The van der Waals surface area contributed by atoms with Crippen LogP contribution in [0.15, 0.2) is 36.4 Å². The molecule has 0 fully saturated rings. The molecule has 2 N–H and O–H groups in total. The number of halogens is 1. The third-order valence-corrected chi connectivity index (χ3v) is 3.84. The van der Waals surface area contributed by atoms with Crippen molar-refractivity contribution >= 4 is 12.6 Å². The first-order valence-corrected chi connectivity index (χ1v) is 7.02. The molecule has 5 heteroatoms. The quantitative estimate of drug-likeness (QED) is 0.839. The van der Waals surface area contributed by atoms with Gasteiger partial charge in [0.25, 0.3) is 0 Å². The predicted octanol–water partition coefficient (Wildman–Crippen LogP) is 1.57. The molecule has 3 rings (SSSR count). The molecule has 0 aliphatic heterocycles. The molecule has 0 unspecified atom stereocenters. The summed E-state index contributed by atoms with van der Waals surface area (Å²) in [4.78, 5) is 0. The fourth-order valence-electron chi connectivity index (χ4n) is 2.64. The van der Waals surface area contributed by atoms with E-state index in [1.54, 1.807) is 0 Å². The van der Waals surface area contributed by atoms with Crippen LogP contribution in [0.4, 0.5) is 4.39 Å². The summed E-state index contributed by atoms with van der Waals surface area (Å²) in [6.45, 7) is 0.117. The molecule has 0 saturated heterocycles. The Hall–Kier alpha value is -1.85. The number of hydrogen-bond donors (Lipinski definition) is 2. The van der Waals surface area contributed by atoms with Crippen molar-refractivity contribution in [1.82, 2.24) is 0 Å². The third kappa shape index (κ3) is 3.09. The highest BCUT2D eigenvalue weighted by Crippen LogP contribution is 2.26. The summed E-state index contributed by atoms with van der Waals surface area (Å²) in [6, 6.07) is 10.1. The second kappa shape index (κ2) is 5.88. The van der Waals surface area contributed by atoms with Gasteiger partial charge >= 0.3 is 7.12 Å². The molecule has 0 bridgehead atoms. The molecule has 0 spiro atoms. The largest absolute Gasteiger partial charge is 0.489 e. The second-order valence-corrected chi connectivity index (χ2v) is 5.30. The number of hydrogen-bond acceptors (Lipinski definition) is 3. The zero-order valence-corrected chi connectivity index (χ0v) is 11.6. The van der Waals surface area contributed by atoms with Crippen LogP contribution >= 0.6 is 0 Å². The molecule has 1 aliphatic rings. The van der Waals surface area contributed by atoms with Crippen molar-refractivity contribution in [2.24, 2.45) is 0 Å². The Morgan fingerprint density at radius 1 is 1.05 bits per heavy atom. The van der Waals surface area contributed by atoms with E-state index in [0.717, 1.165) is 24.7 Å². The van der Waals surface area contributed by atoms with E-state index in [1.165, 1.54) is 29.7 Å². The Labute approximate surface area is 123 Å². The van der Waals surface area contributed by atoms with Crippen LogP contribution in [-0.2, 0) is 19.4 Å². The summed E-state index contributed by atoms with van der Waals surface area (Å²) in [5, 5.41) is 18.0. The van der Waals surface area contributed by atoms with Crippen molar-refractivity contribution in [3.63, 3.8) is 0 Å². The topological polar surface area (TPSA) is 49.7 Å². The first kappa shape index (κ1) is 14.1. The van der Waals surface area contributed by atoms with Crippen molar-refractivity contribution in [2.75, 3.05) is 0 Å². The molecular weight excluding hydrogens is 270 g/mol. The second-order valence-electron chi connectivity index (χ2n) is 5.30. The van der Waals surface area contributed by atoms with E-state index < -0.39 is 12.9 Å². The molecule has 1 aliphatic carbocycles. The van der Waals surface area contributed by atoms with E-state index in [0.29, 0.717) is 5.56 Å². The monoisotopic (exact) mass is 286 g/mol. The van der Waals surface area contributed by atoms with Crippen molar-refractivity contribution in [2.45, 2.75) is 25.9 Å². The van der Waals surface area contributed by atoms with Crippen molar-refractivity contribution < 1.29 is 19.2 Å². The zero-order chi connectivity index (χ0) is 14.8. The molecule has 0 radical (unpaired) electrons. The molecule has 0 atom stereocenters. The van der Waals surface area contributed by atoms with Gasteiger partial charge in [-0.05, 0) is 54.1 Å². The van der Waals surface area contributed by atoms with Gasteiger partial charge in [0.05, 0.1) is 0 Å². The highest BCUT2D eigenvalue weighted by molar-refractivity contribution is 6.58. The Morgan fingerprint density at radius 3 is 2.62 bits per heavy atom. The molecule has 3 nitrogen and oxygen atoms in total. The van der Waals surface area contributed by atoms with Gasteiger partial charge in [-0.3, -0.25) is 0 Å². The lowest BCUT2D eigenvalue weighted by atomic mass is 9.80. The molecule has 2 aromatic carbocycles. The molecule has 108 valence electrons. The minimum Gasteiger partial charge on any atom is -0.489 e. The van der Waals surface area contributed by atoms with Gasteiger partial charge in [0.1, 0.15) is 18.2 Å². The fourth-order valence-corrected chi connectivity index (χ4v) is 2.64. The Bertz CT molecular complexity index is 658. The van der Waals surface area contributed by atoms with Gasteiger partial charge in [0.15, 0.2) is 0 Å². The molecule has 0 heterocycles. The summed E-state index contributed by atoms with van der Waals surface area (Å²) >= 11 is 0. The number of ether oxygens (including phenoxy) is 1. The summed E-state index contributed by atoms with van der Waals surface area (Å²) in [6.07, 6.45) is 3.37. The number of fused-ring (bicyclic) bond motifs is 1. The predicted molar refractivity (Wildman–Crippen MR) is 79.0 cm³/mol. The van der Waals surface area contributed by atoms with Gasteiger partial charge < -0.3 is 14.8 Å². The van der Waals surface area contributed by atoms with Gasteiger partial charge in [-0.15, -0.1) is 0 Å². The highest BCUT2D eigenvalue weighted by Gasteiger charge is 2.14. The van der Waals surface area contributed by atoms with Crippen LogP contribution < -0.4 is 10.2 Å². The lowest BCUT2D eigenvalue weighted by molar-refractivity contribution is 0.299. The maximum absolute atomic E-state index is 13.8. The SMILES string of the molecule is OB(O)c1ccc(COc2ccc3c(c2)CCC3)c(F)c1. The Morgan fingerprint density at radius 2 is 1.86 bits per heavy atom. The maximum atomic E-state index is 13.8.